The molecule has 0 saturated carbocycles. The SMILES string of the molecule is CC(Oc1ncncc1Br)C(=O)O. The number of hydrogen-bond donors (Lipinski definition) is 1. The van der Waals surface area contributed by atoms with E-state index in [1.807, 2.05) is 0 Å². The van der Waals surface area contributed by atoms with Crippen LogP contribution in [0.3, 0.4) is 0 Å². The van der Waals surface area contributed by atoms with Gasteiger partial charge in [-0.2, -0.15) is 0 Å². The van der Waals surface area contributed by atoms with Crippen LogP contribution >= 0.6 is 15.9 Å². The lowest BCUT2D eigenvalue weighted by atomic mass is 10.4. The molecule has 0 radical (unpaired) electrons. The van der Waals surface area contributed by atoms with E-state index in [9.17, 15) is 4.79 Å². The summed E-state index contributed by atoms with van der Waals surface area (Å²) in [6.45, 7) is 1.43. The van der Waals surface area contributed by atoms with Crippen molar-refractivity contribution in [2.45, 2.75) is 13.0 Å². The van der Waals surface area contributed by atoms with Gasteiger partial charge in [-0.1, -0.05) is 0 Å². The Morgan fingerprint density at radius 2 is 2.46 bits per heavy atom. The van der Waals surface area contributed by atoms with Gasteiger partial charge >= 0.3 is 5.97 Å². The van der Waals surface area contributed by atoms with Gasteiger partial charge in [0.25, 0.3) is 0 Å². The normalized spacial score (nSPS) is 12.2. The van der Waals surface area contributed by atoms with E-state index in [-0.39, 0.29) is 5.88 Å². The highest BCUT2D eigenvalue weighted by molar-refractivity contribution is 9.10. The minimum Gasteiger partial charge on any atom is -0.479 e. The number of carbonyl (C=O) groups is 1. The van der Waals surface area contributed by atoms with E-state index in [0.717, 1.165) is 0 Å². The van der Waals surface area contributed by atoms with Crippen LogP contribution in [0.2, 0.25) is 0 Å². The summed E-state index contributed by atoms with van der Waals surface area (Å²) in [4.78, 5) is 17.9. The molecule has 0 fully saturated rings. The van der Waals surface area contributed by atoms with E-state index in [0.29, 0.717) is 4.47 Å². The maximum Gasteiger partial charge on any atom is 0.344 e. The van der Waals surface area contributed by atoms with Crippen LogP contribution in [0.25, 0.3) is 0 Å². The highest BCUT2D eigenvalue weighted by Gasteiger charge is 2.14. The molecule has 0 bridgehead atoms. The summed E-state index contributed by atoms with van der Waals surface area (Å²) < 4.78 is 5.54. The van der Waals surface area contributed by atoms with Crippen LogP contribution in [-0.4, -0.2) is 27.1 Å². The Hall–Kier alpha value is -1.17. The zero-order valence-electron chi connectivity index (χ0n) is 6.77. The molecule has 0 aliphatic heterocycles. The molecular formula is C7H7BrN2O3. The fourth-order valence-electron chi connectivity index (χ4n) is 0.606. The standard InChI is InChI=1S/C7H7BrN2O3/c1-4(7(11)12)13-6-5(8)2-9-3-10-6/h2-4H,1H3,(H,11,12). The Balaban J connectivity index is 2.74. The maximum absolute atomic E-state index is 10.4. The van der Waals surface area contributed by atoms with E-state index >= 15 is 0 Å². The number of aliphatic carboxylic acids is 1. The molecule has 5 nitrogen and oxygen atoms in total. The highest BCUT2D eigenvalue weighted by atomic mass is 79.9. The summed E-state index contributed by atoms with van der Waals surface area (Å²) in [5.74, 6) is -0.810. The highest BCUT2D eigenvalue weighted by Crippen LogP contribution is 2.20. The molecule has 1 heterocycles. The van der Waals surface area contributed by atoms with E-state index in [2.05, 4.69) is 25.9 Å². The molecule has 70 valence electrons. The van der Waals surface area contributed by atoms with E-state index in [1.54, 1.807) is 0 Å². The molecule has 0 aliphatic carbocycles. The summed E-state index contributed by atoms with van der Waals surface area (Å²) >= 11 is 3.13. The molecule has 1 atom stereocenters. The minimum absolute atomic E-state index is 0.227. The zero-order chi connectivity index (χ0) is 9.84. The molecule has 0 aromatic carbocycles. The van der Waals surface area contributed by atoms with Gasteiger partial charge in [0.1, 0.15) is 6.33 Å². The van der Waals surface area contributed by atoms with Crippen LogP contribution in [0.15, 0.2) is 17.0 Å². The van der Waals surface area contributed by atoms with Gasteiger partial charge in [-0.05, 0) is 22.9 Å². The number of hydrogen-bond acceptors (Lipinski definition) is 4. The van der Waals surface area contributed by atoms with Gasteiger partial charge in [0.2, 0.25) is 5.88 Å². The van der Waals surface area contributed by atoms with Crippen molar-refractivity contribution in [3.8, 4) is 5.88 Å². The van der Waals surface area contributed by atoms with E-state index < -0.39 is 12.1 Å². The predicted molar refractivity (Wildman–Crippen MR) is 47.5 cm³/mol. The monoisotopic (exact) mass is 246 g/mol. The van der Waals surface area contributed by atoms with Crippen molar-refractivity contribution in [1.29, 1.82) is 0 Å². The van der Waals surface area contributed by atoms with Crippen LogP contribution in [0.1, 0.15) is 6.92 Å². The number of ether oxygens (including phenoxy) is 1. The quantitative estimate of drug-likeness (QED) is 0.865. The first-order valence-electron chi connectivity index (χ1n) is 3.46. The van der Waals surface area contributed by atoms with Crippen LogP contribution in [0, 0.1) is 0 Å². The Labute approximate surface area is 82.9 Å². The fourth-order valence-corrected chi connectivity index (χ4v) is 0.920. The van der Waals surface area contributed by atoms with Crippen LogP contribution in [-0.2, 0) is 4.79 Å². The Morgan fingerprint density at radius 3 is 3.00 bits per heavy atom. The van der Waals surface area contributed by atoms with Gasteiger partial charge in [-0.3, -0.25) is 0 Å². The molecule has 0 amide bonds. The lowest BCUT2D eigenvalue weighted by Gasteiger charge is -2.09. The molecule has 0 saturated heterocycles. The average Bonchev–Trinajstić information content (AvgIpc) is 2.08. The lowest BCUT2D eigenvalue weighted by Crippen LogP contribution is -2.23. The largest absolute Gasteiger partial charge is 0.479 e. The van der Waals surface area contributed by atoms with Crippen molar-refractivity contribution in [3.05, 3.63) is 17.0 Å². The van der Waals surface area contributed by atoms with Crippen LogP contribution < -0.4 is 4.74 Å². The molecular weight excluding hydrogens is 240 g/mol. The smallest absolute Gasteiger partial charge is 0.344 e. The first-order chi connectivity index (χ1) is 6.11. The van der Waals surface area contributed by atoms with Crippen molar-refractivity contribution >= 4 is 21.9 Å². The Morgan fingerprint density at radius 1 is 1.77 bits per heavy atom. The van der Waals surface area contributed by atoms with Crippen molar-refractivity contribution in [2.75, 3.05) is 0 Å². The lowest BCUT2D eigenvalue weighted by molar-refractivity contribution is -0.144. The average molecular weight is 247 g/mol. The number of nitrogens with zero attached hydrogens (tertiary/aromatic N) is 2. The molecule has 1 aromatic heterocycles. The van der Waals surface area contributed by atoms with Gasteiger partial charge < -0.3 is 9.84 Å². The number of carboxylic acid groups (broad SMARTS) is 1. The van der Waals surface area contributed by atoms with E-state index in [1.165, 1.54) is 19.4 Å². The molecule has 1 unspecified atom stereocenters. The molecule has 1 aromatic rings. The third-order valence-corrected chi connectivity index (χ3v) is 1.81. The molecule has 1 N–H and O–H groups in total. The van der Waals surface area contributed by atoms with Gasteiger partial charge in [-0.15, -0.1) is 0 Å². The van der Waals surface area contributed by atoms with Gasteiger partial charge in [0, 0.05) is 6.20 Å². The number of aromatic nitrogens is 2. The summed E-state index contributed by atoms with van der Waals surface area (Å²) in [5, 5.41) is 8.55. The van der Waals surface area contributed by atoms with Crippen LogP contribution in [0.5, 0.6) is 5.88 Å². The van der Waals surface area contributed by atoms with Crippen LogP contribution in [0.4, 0.5) is 0 Å². The van der Waals surface area contributed by atoms with Crippen molar-refractivity contribution < 1.29 is 14.6 Å². The second-order valence-electron chi connectivity index (χ2n) is 2.27. The molecule has 6 heteroatoms. The van der Waals surface area contributed by atoms with Gasteiger partial charge in [0.05, 0.1) is 4.47 Å². The minimum atomic E-state index is -1.04. The molecule has 13 heavy (non-hydrogen) atoms. The maximum atomic E-state index is 10.4. The number of rotatable bonds is 3. The molecule has 0 spiro atoms. The Bertz CT molecular complexity index is 318. The summed E-state index contributed by atoms with van der Waals surface area (Å²) in [7, 11) is 0. The third kappa shape index (κ3) is 2.66. The number of carboxylic acids is 1. The van der Waals surface area contributed by atoms with Crippen molar-refractivity contribution in [2.24, 2.45) is 0 Å². The summed E-state index contributed by atoms with van der Waals surface area (Å²) in [6, 6.07) is 0. The molecule has 1 rings (SSSR count). The molecule has 0 aliphatic rings. The third-order valence-electron chi connectivity index (χ3n) is 1.27. The zero-order valence-corrected chi connectivity index (χ0v) is 8.35. The summed E-state index contributed by atoms with van der Waals surface area (Å²) in [5.41, 5.74) is 0. The van der Waals surface area contributed by atoms with Gasteiger partial charge in [0.15, 0.2) is 6.10 Å². The fraction of sp³-hybridized carbons (Fsp3) is 0.286. The predicted octanol–water partition coefficient (Wildman–Crippen LogP) is 1.09. The van der Waals surface area contributed by atoms with E-state index in [4.69, 9.17) is 9.84 Å². The van der Waals surface area contributed by atoms with Crippen molar-refractivity contribution in [1.82, 2.24) is 9.97 Å². The summed E-state index contributed by atoms with van der Waals surface area (Å²) in [6.07, 6.45) is 1.84. The first-order valence-corrected chi connectivity index (χ1v) is 4.25. The Kier molecular flexibility index (Phi) is 3.18. The second kappa shape index (κ2) is 4.18. The van der Waals surface area contributed by atoms with Gasteiger partial charge in [-0.25, -0.2) is 14.8 Å². The second-order valence-corrected chi connectivity index (χ2v) is 3.13. The first kappa shape index (κ1) is 9.91. The van der Waals surface area contributed by atoms with Crippen molar-refractivity contribution in [3.63, 3.8) is 0 Å². The number of halogens is 1. The topological polar surface area (TPSA) is 72.3 Å².